The molecular formula is C13H13F3N2S. The Morgan fingerprint density at radius 1 is 1.26 bits per heavy atom. The molecule has 0 aliphatic carbocycles. The fourth-order valence-corrected chi connectivity index (χ4v) is 2.07. The minimum absolute atomic E-state index is 0.351. The molecule has 2 aromatic rings. The van der Waals surface area contributed by atoms with E-state index in [0.29, 0.717) is 10.9 Å². The first-order chi connectivity index (χ1) is 9.02. The van der Waals surface area contributed by atoms with E-state index in [4.69, 9.17) is 0 Å². The van der Waals surface area contributed by atoms with Crippen molar-refractivity contribution in [2.75, 3.05) is 23.9 Å². The molecule has 6 heteroatoms. The summed E-state index contributed by atoms with van der Waals surface area (Å²) in [5, 5.41) is 3.91. The van der Waals surface area contributed by atoms with Crippen LogP contribution in [0, 0.1) is 0 Å². The lowest BCUT2D eigenvalue weighted by Crippen LogP contribution is -2.06. The molecule has 0 atom stereocenters. The van der Waals surface area contributed by atoms with Gasteiger partial charge in [-0.05, 0) is 24.5 Å². The molecule has 0 aliphatic rings. The van der Waals surface area contributed by atoms with Gasteiger partial charge < -0.3 is 5.32 Å². The summed E-state index contributed by atoms with van der Waals surface area (Å²) in [5.74, 6) is 0.935. The topological polar surface area (TPSA) is 24.9 Å². The molecule has 0 bridgehead atoms. The largest absolute Gasteiger partial charge is 0.416 e. The monoisotopic (exact) mass is 286 g/mol. The number of anilines is 1. The summed E-state index contributed by atoms with van der Waals surface area (Å²) < 4.78 is 37.9. The average molecular weight is 286 g/mol. The molecule has 2 nitrogen and oxygen atoms in total. The summed E-state index contributed by atoms with van der Waals surface area (Å²) in [6, 6.07) is 5.40. The van der Waals surface area contributed by atoms with Crippen molar-refractivity contribution in [2.45, 2.75) is 6.18 Å². The molecule has 1 aromatic heterocycles. The number of nitrogens with one attached hydrogen (secondary N) is 1. The van der Waals surface area contributed by atoms with E-state index >= 15 is 0 Å². The number of hydrogen-bond donors (Lipinski definition) is 1. The molecule has 0 amide bonds. The molecule has 1 heterocycles. The summed E-state index contributed by atoms with van der Waals surface area (Å²) in [6.07, 6.45) is -0.815. The van der Waals surface area contributed by atoms with Gasteiger partial charge in [-0.2, -0.15) is 24.9 Å². The molecule has 0 spiro atoms. The fourth-order valence-electron chi connectivity index (χ4n) is 1.77. The Hall–Kier alpha value is -1.43. The predicted molar refractivity (Wildman–Crippen MR) is 73.6 cm³/mol. The van der Waals surface area contributed by atoms with Crippen LogP contribution in [-0.4, -0.2) is 23.5 Å². The number of pyridine rings is 1. The highest BCUT2D eigenvalue weighted by Crippen LogP contribution is 2.32. The zero-order chi connectivity index (χ0) is 13.9. The number of thioether (sulfide) groups is 1. The highest BCUT2D eigenvalue weighted by Gasteiger charge is 2.30. The Kier molecular flexibility index (Phi) is 4.19. The summed E-state index contributed by atoms with van der Waals surface area (Å²) in [7, 11) is 0. The molecule has 0 unspecified atom stereocenters. The van der Waals surface area contributed by atoms with Crippen molar-refractivity contribution in [3.63, 3.8) is 0 Å². The Morgan fingerprint density at radius 2 is 2.05 bits per heavy atom. The molecule has 0 aliphatic heterocycles. The number of hydrogen-bond acceptors (Lipinski definition) is 3. The van der Waals surface area contributed by atoms with Crippen LogP contribution in [0.5, 0.6) is 0 Å². The van der Waals surface area contributed by atoms with Crippen LogP contribution in [0.3, 0.4) is 0 Å². The van der Waals surface area contributed by atoms with Gasteiger partial charge in [-0.1, -0.05) is 6.07 Å². The second-order valence-electron chi connectivity index (χ2n) is 4.01. The number of rotatable bonds is 4. The first-order valence-electron chi connectivity index (χ1n) is 5.71. The lowest BCUT2D eigenvalue weighted by molar-refractivity contribution is -0.137. The van der Waals surface area contributed by atoms with E-state index in [1.807, 2.05) is 6.26 Å². The number of aromatic nitrogens is 1. The van der Waals surface area contributed by atoms with Gasteiger partial charge in [0.1, 0.15) is 0 Å². The van der Waals surface area contributed by atoms with Crippen LogP contribution >= 0.6 is 11.8 Å². The van der Waals surface area contributed by atoms with Crippen molar-refractivity contribution in [3.05, 3.63) is 36.0 Å². The van der Waals surface area contributed by atoms with Crippen molar-refractivity contribution in [3.8, 4) is 0 Å². The first kappa shape index (κ1) is 14.0. The number of fused-ring (bicyclic) bond motifs is 1. The van der Waals surface area contributed by atoms with Crippen LogP contribution in [-0.2, 0) is 6.18 Å². The van der Waals surface area contributed by atoms with E-state index in [9.17, 15) is 13.2 Å². The Bertz CT molecular complexity index is 569. The van der Waals surface area contributed by atoms with Crippen molar-refractivity contribution >= 4 is 28.4 Å². The minimum Gasteiger partial charge on any atom is -0.384 e. The first-order valence-corrected chi connectivity index (χ1v) is 7.10. The van der Waals surface area contributed by atoms with Crippen LogP contribution < -0.4 is 5.32 Å². The highest BCUT2D eigenvalue weighted by atomic mass is 32.2. The lowest BCUT2D eigenvalue weighted by atomic mass is 10.1. The number of alkyl halides is 3. The van der Waals surface area contributed by atoms with Gasteiger partial charge in [-0.3, -0.25) is 4.98 Å². The molecule has 0 saturated heterocycles. The lowest BCUT2D eigenvalue weighted by Gasteiger charge is -2.11. The van der Waals surface area contributed by atoms with Crippen LogP contribution in [0.4, 0.5) is 18.9 Å². The molecule has 1 aromatic carbocycles. The van der Waals surface area contributed by atoms with Gasteiger partial charge in [0.2, 0.25) is 0 Å². The van der Waals surface area contributed by atoms with Gasteiger partial charge in [0, 0.05) is 29.6 Å². The highest BCUT2D eigenvalue weighted by molar-refractivity contribution is 7.98. The van der Waals surface area contributed by atoms with E-state index < -0.39 is 11.7 Å². The van der Waals surface area contributed by atoms with Crippen molar-refractivity contribution in [2.24, 2.45) is 0 Å². The molecule has 1 N–H and O–H groups in total. The number of halogens is 3. The second kappa shape index (κ2) is 5.69. The van der Waals surface area contributed by atoms with E-state index in [2.05, 4.69) is 10.3 Å². The van der Waals surface area contributed by atoms with Gasteiger partial charge in [0.15, 0.2) is 0 Å². The number of nitrogens with zero attached hydrogens (tertiary/aromatic N) is 1. The van der Waals surface area contributed by atoms with E-state index in [0.717, 1.165) is 30.1 Å². The Morgan fingerprint density at radius 3 is 2.74 bits per heavy atom. The van der Waals surface area contributed by atoms with Crippen molar-refractivity contribution in [1.29, 1.82) is 0 Å². The summed E-state index contributed by atoms with van der Waals surface area (Å²) in [5.41, 5.74) is 0.491. The maximum absolute atomic E-state index is 12.6. The zero-order valence-electron chi connectivity index (χ0n) is 10.3. The van der Waals surface area contributed by atoms with Crippen molar-refractivity contribution in [1.82, 2.24) is 4.98 Å². The Labute approximate surface area is 113 Å². The van der Waals surface area contributed by atoms with E-state index in [-0.39, 0.29) is 0 Å². The van der Waals surface area contributed by atoms with Gasteiger partial charge in [-0.25, -0.2) is 0 Å². The van der Waals surface area contributed by atoms with Crippen LogP contribution in [0.2, 0.25) is 0 Å². The van der Waals surface area contributed by atoms with Crippen LogP contribution in [0.1, 0.15) is 5.56 Å². The molecule has 19 heavy (non-hydrogen) atoms. The van der Waals surface area contributed by atoms with Gasteiger partial charge in [-0.15, -0.1) is 0 Å². The summed E-state index contributed by atoms with van der Waals surface area (Å²) in [6.45, 7) is 0.765. The predicted octanol–water partition coefficient (Wildman–Crippen LogP) is 4.03. The normalized spacial score (nSPS) is 11.8. The SMILES string of the molecule is CSCCNc1ccnc2cc(C(F)(F)F)ccc12. The summed E-state index contributed by atoms with van der Waals surface area (Å²) in [4.78, 5) is 4.00. The van der Waals surface area contributed by atoms with Gasteiger partial charge in [0.25, 0.3) is 0 Å². The van der Waals surface area contributed by atoms with E-state index in [1.54, 1.807) is 17.8 Å². The summed E-state index contributed by atoms with van der Waals surface area (Å²) >= 11 is 1.71. The minimum atomic E-state index is -4.34. The Balaban J connectivity index is 2.35. The molecule has 102 valence electrons. The van der Waals surface area contributed by atoms with Gasteiger partial charge >= 0.3 is 6.18 Å². The smallest absolute Gasteiger partial charge is 0.384 e. The third kappa shape index (κ3) is 3.32. The second-order valence-corrected chi connectivity index (χ2v) is 4.99. The molecule has 0 radical (unpaired) electrons. The third-order valence-corrected chi connectivity index (χ3v) is 3.30. The fraction of sp³-hybridized carbons (Fsp3) is 0.308. The van der Waals surface area contributed by atoms with Crippen LogP contribution in [0.15, 0.2) is 30.5 Å². The molecular weight excluding hydrogens is 273 g/mol. The third-order valence-electron chi connectivity index (χ3n) is 2.69. The molecule has 0 saturated carbocycles. The molecule has 0 fully saturated rings. The molecule has 2 rings (SSSR count). The number of benzene rings is 1. The zero-order valence-corrected chi connectivity index (χ0v) is 11.1. The maximum Gasteiger partial charge on any atom is 0.416 e. The van der Waals surface area contributed by atoms with Crippen LogP contribution in [0.25, 0.3) is 10.9 Å². The maximum atomic E-state index is 12.6. The standard InChI is InChI=1S/C13H13F3N2S/c1-19-7-6-18-11-4-5-17-12-8-9(13(14,15)16)2-3-10(11)12/h2-5,8H,6-7H2,1H3,(H,17,18). The average Bonchev–Trinajstić information content (AvgIpc) is 2.37. The van der Waals surface area contributed by atoms with Gasteiger partial charge in [0.05, 0.1) is 11.1 Å². The van der Waals surface area contributed by atoms with E-state index in [1.165, 1.54) is 12.3 Å². The quantitative estimate of drug-likeness (QED) is 0.859. The van der Waals surface area contributed by atoms with Crippen molar-refractivity contribution < 1.29 is 13.2 Å².